The van der Waals surface area contributed by atoms with Crippen LogP contribution in [0.15, 0.2) is 48.0 Å². The van der Waals surface area contributed by atoms with E-state index in [0.29, 0.717) is 35.6 Å². The maximum atomic E-state index is 13.2. The molecule has 1 aliphatic rings. The summed E-state index contributed by atoms with van der Waals surface area (Å²) in [6.07, 6.45) is 0.688. The molecule has 1 heterocycles. The van der Waals surface area contributed by atoms with Crippen LogP contribution >= 0.6 is 0 Å². The molecule has 1 saturated heterocycles. The zero-order chi connectivity index (χ0) is 23.4. The molecule has 0 unspecified atom stereocenters. The van der Waals surface area contributed by atoms with Crippen LogP contribution in [0.25, 0.3) is 5.76 Å². The Morgan fingerprint density at radius 2 is 1.81 bits per heavy atom. The monoisotopic (exact) mass is 438 g/mol. The number of likely N-dealkylation sites (tertiary alicyclic amines) is 1. The summed E-state index contributed by atoms with van der Waals surface area (Å²) in [6, 6.07) is 11.7. The van der Waals surface area contributed by atoms with Crippen molar-refractivity contribution in [2.24, 2.45) is 0 Å². The second kappa shape index (κ2) is 9.87. The summed E-state index contributed by atoms with van der Waals surface area (Å²) in [5.74, 6) is -0.320. The third-order valence-corrected chi connectivity index (χ3v) is 5.67. The molecule has 0 saturated carbocycles. The highest BCUT2D eigenvalue weighted by Gasteiger charge is 2.46. The molecule has 1 aliphatic heterocycles. The first-order valence-electron chi connectivity index (χ1n) is 10.5. The van der Waals surface area contributed by atoms with Crippen molar-refractivity contribution >= 4 is 17.4 Å². The topological polar surface area (TPSA) is 79.3 Å². The van der Waals surface area contributed by atoms with Gasteiger partial charge in [-0.05, 0) is 63.8 Å². The third kappa shape index (κ3) is 4.48. The van der Waals surface area contributed by atoms with Crippen molar-refractivity contribution in [3.8, 4) is 11.5 Å². The van der Waals surface area contributed by atoms with E-state index in [0.717, 1.165) is 12.1 Å². The van der Waals surface area contributed by atoms with Gasteiger partial charge < -0.3 is 24.4 Å². The highest BCUT2D eigenvalue weighted by molar-refractivity contribution is 6.46. The maximum Gasteiger partial charge on any atom is 0.295 e. The lowest BCUT2D eigenvalue weighted by atomic mass is 9.93. The average molecular weight is 439 g/mol. The third-order valence-electron chi connectivity index (χ3n) is 5.67. The fourth-order valence-corrected chi connectivity index (χ4v) is 4.06. The minimum absolute atomic E-state index is 0.0672. The van der Waals surface area contributed by atoms with Crippen molar-refractivity contribution in [2.75, 3.05) is 41.4 Å². The predicted octanol–water partition coefficient (Wildman–Crippen LogP) is 3.39. The van der Waals surface area contributed by atoms with Crippen LogP contribution in [-0.4, -0.2) is 68.0 Å². The summed E-state index contributed by atoms with van der Waals surface area (Å²) in [6.45, 7) is 2.96. The van der Waals surface area contributed by atoms with Gasteiger partial charge >= 0.3 is 0 Å². The number of hydrogen-bond donors (Lipinski definition) is 1. The highest BCUT2D eigenvalue weighted by atomic mass is 16.5. The molecule has 1 amide bonds. The Morgan fingerprint density at radius 3 is 2.44 bits per heavy atom. The Bertz CT molecular complexity index is 1040. The highest BCUT2D eigenvalue weighted by Crippen LogP contribution is 2.43. The molecular weight excluding hydrogens is 408 g/mol. The quantitative estimate of drug-likeness (QED) is 0.387. The Morgan fingerprint density at radius 1 is 1.09 bits per heavy atom. The van der Waals surface area contributed by atoms with E-state index in [9.17, 15) is 14.7 Å². The number of Topliss-reactive ketones (excluding diaryl/α,β-unsaturated/α-hetero) is 1. The summed E-state index contributed by atoms with van der Waals surface area (Å²) < 4.78 is 10.8. The molecule has 0 radical (unpaired) electrons. The number of carbonyl (C=O) groups is 2. The standard InChI is InChI=1S/C25H30N2O5/c1-16-15-17(31-4)11-12-18(16)23(28)21-22(19-9-6-7-10-20(19)32-5)27(25(30)24(21)29)14-8-13-26(2)3/h6-7,9-12,15,22,28H,8,13-14H2,1-5H3/b23-21+/t22-/m0/s1. The average Bonchev–Trinajstić information content (AvgIpc) is 3.03. The number of amides is 1. The molecule has 0 aromatic heterocycles. The largest absolute Gasteiger partial charge is 0.507 e. The van der Waals surface area contributed by atoms with Crippen LogP contribution in [0.3, 0.4) is 0 Å². The number of hydrogen-bond acceptors (Lipinski definition) is 6. The zero-order valence-corrected chi connectivity index (χ0v) is 19.2. The van der Waals surface area contributed by atoms with E-state index < -0.39 is 17.7 Å². The van der Waals surface area contributed by atoms with E-state index in [2.05, 4.69) is 0 Å². The van der Waals surface area contributed by atoms with E-state index in [4.69, 9.17) is 9.47 Å². The van der Waals surface area contributed by atoms with Gasteiger partial charge in [0.15, 0.2) is 0 Å². The zero-order valence-electron chi connectivity index (χ0n) is 19.2. The molecule has 32 heavy (non-hydrogen) atoms. The molecule has 2 aromatic carbocycles. The van der Waals surface area contributed by atoms with E-state index in [1.54, 1.807) is 38.5 Å². The van der Waals surface area contributed by atoms with Gasteiger partial charge in [-0.3, -0.25) is 9.59 Å². The number of rotatable bonds is 8. The molecule has 2 aromatic rings. The lowest BCUT2D eigenvalue weighted by Gasteiger charge is -2.27. The molecule has 0 aliphatic carbocycles. The molecule has 0 spiro atoms. The number of carbonyl (C=O) groups excluding carboxylic acids is 2. The van der Waals surface area contributed by atoms with Gasteiger partial charge in [-0.2, -0.15) is 0 Å². The predicted molar refractivity (Wildman–Crippen MR) is 123 cm³/mol. The van der Waals surface area contributed by atoms with E-state index in [1.165, 1.54) is 4.90 Å². The van der Waals surface area contributed by atoms with Gasteiger partial charge in [-0.15, -0.1) is 0 Å². The summed E-state index contributed by atoms with van der Waals surface area (Å²) in [4.78, 5) is 29.8. The molecule has 1 atom stereocenters. The van der Waals surface area contributed by atoms with Gasteiger partial charge in [0.2, 0.25) is 0 Å². The van der Waals surface area contributed by atoms with Crippen molar-refractivity contribution in [1.29, 1.82) is 0 Å². The molecule has 1 fully saturated rings. The van der Waals surface area contributed by atoms with Crippen LogP contribution in [0, 0.1) is 6.92 Å². The lowest BCUT2D eigenvalue weighted by molar-refractivity contribution is -0.140. The fourth-order valence-electron chi connectivity index (χ4n) is 4.06. The summed E-state index contributed by atoms with van der Waals surface area (Å²) >= 11 is 0. The number of aliphatic hydroxyl groups excluding tert-OH is 1. The van der Waals surface area contributed by atoms with Gasteiger partial charge in [0.05, 0.1) is 25.8 Å². The Balaban J connectivity index is 2.16. The van der Waals surface area contributed by atoms with Crippen LogP contribution in [-0.2, 0) is 9.59 Å². The summed E-state index contributed by atoms with van der Waals surface area (Å²) in [5, 5.41) is 11.3. The maximum absolute atomic E-state index is 13.2. The van der Waals surface area contributed by atoms with E-state index in [-0.39, 0.29) is 11.3 Å². The van der Waals surface area contributed by atoms with Gasteiger partial charge in [0.1, 0.15) is 17.3 Å². The van der Waals surface area contributed by atoms with E-state index >= 15 is 0 Å². The normalized spacial score (nSPS) is 17.8. The Hall–Kier alpha value is -3.32. The van der Waals surface area contributed by atoms with Gasteiger partial charge in [-0.1, -0.05) is 18.2 Å². The number of para-hydroxylation sites is 1. The van der Waals surface area contributed by atoms with Crippen LogP contribution in [0.5, 0.6) is 11.5 Å². The minimum Gasteiger partial charge on any atom is -0.507 e. The number of ether oxygens (including phenoxy) is 2. The molecule has 7 heteroatoms. The minimum atomic E-state index is -0.741. The molecule has 3 rings (SSSR count). The van der Waals surface area contributed by atoms with Crippen molar-refractivity contribution in [2.45, 2.75) is 19.4 Å². The number of nitrogens with zero attached hydrogens (tertiary/aromatic N) is 2. The molecular formula is C25H30N2O5. The molecule has 7 nitrogen and oxygen atoms in total. The van der Waals surface area contributed by atoms with Crippen molar-refractivity contribution < 1.29 is 24.2 Å². The second-order valence-electron chi connectivity index (χ2n) is 8.07. The van der Waals surface area contributed by atoms with Crippen molar-refractivity contribution in [1.82, 2.24) is 9.80 Å². The lowest BCUT2D eigenvalue weighted by Crippen LogP contribution is -2.32. The van der Waals surface area contributed by atoms with Crippen LogP contribution in [0.4, 0.5) is 0 Å². The van der Waals surface area contributed by atoms with Gasteiger partial charge in [-0.25, -0.2) is 0 Å². The van der Waals surface area contributed by atoms with E-state index in [1.807, 2.05) is 44.1 Å². The summed E-state index contributed by atoms with van der Waals surface area (Å²) in [7, 11) is 7.02. The van der Waals surface area contributed by atoms with Gasteiger partial charge in [0.25, 0.3) is 11.7 Å². The first-order valence-corrected chi connectivity index (χ1v) is 10.5. The SMILES string of the molecule is COc1ccc(/C(O)=C2\C(=O)C(=O)N(CCCN(C)C)[C@H]2c2ccccc2OC)c(C)c1. The Labute approximate surface area is 188 Å². The first-order chi connectivity index (χ1) is 15.3. The molecule has 170 valence electrons. The van der Waals surface area contributed by atoms with Gasteiger partial charge in [0, 0.05) is 17.7 Å². The number of benzene rings is 2. The number of ketones is 1. The first kappa shape index (κ1) is 23.3. The van der Waals surface area contributed by atoms with Crippen LogP contribution in [0.1, 0.15) is 29.2 Å². The van der Waals surface area contributed by atoms with Crippen molar-refractivity contribution in [3.63, 3.8) is 0 Å². The summed E-state index contributed by atoms with van der Waals surface area (Å²) in [5.41, 5.74) is 1.95. The number of aryl methyl sites for hydroxylation is 1. The number of aliphatic hydroxyl groups is 1. The molecule has 0 bridgehead atoms. The van der Waals surface area contributed by atoms with Crippen molar-refractivity contribution in [3.05, 3.63) is 64.7 Å². The fraction of sp³-hybridized carbons (Fsp3) is 0.360. The second-order valence-corrected chi connectivity index (χ2v) is 8.07. The smallest absolute Gasteiger partial charge is 0.295 e. The van der Waals surface area contributed by atoms with Crippen LogP contribution in [0.2, 0.25) is 0 Å². The number of methoxy groups -OCH3 is 2. The van der Waals surface area contributed by atoms with Crippen LogP contribution < -0.4 is 9.47 Å². The Kier molecular flexibility index (Phi) is 7.20. The molecule has 1 N–H and O–H groups in total.